The van der Waals surface area contributed by atoms with Gasteiger partial charge in [-0.2, -0.15) is 0 Å². The van der Waals surface area contributed by atoms with Crippen molar-refractivity contribution < 1.29 is 0 Å². The zero-order valence-electron chi connectivity index (χ0n) is 14.7. The number of hydrogen-bond donors (Lipinski definition) is 0. The number of likely N-dealkylation sites (N-methyl/N-ethyl adjacent to an activating group) is 1. The third-order valence-corrected chi connectivity index (χ3v) is 5.60. The number of rotatable bonds is 4. The van der Waals surface area contributed by atoms with Gasteiger partial charge in [0.25, 0.3) is 0 Å². The first-order valence-corrected chi connectivity index (χ1v) is 8.65. The van der Waals surface area contributed by atoms with Crippen LogP contribution in [0.15, 0.2) is 72.3 Å². The summed E-state index contributed by atoms with van der Waals surface area (Å²) in [5, 5.41) is 0. The molecule has 2 atom stereocenters. The SMILES string of the molecule is C=CC1=CN2C(=C(C=C)C1=C)/C(=C\CC)N(C)CC21CC1CC. The topological polar surface area (TPSA) is 6.48 Å². The van der Waals surface area contributed by atoms with Crippen molar-refractivity contribution >= 4 is 0 Å². The van der Waals surface area contributed by atoms with Crippen molar-refractivity contribution in [3.8, 4) is 0 Å². The van der Waals surface area contributed by atoms with Crippen molar-refractivity contribution in [2.75, 3.05) is 13.6 Å². The summed E-state index contributed by atoms with van der Waals surface area (Å²) in [5.74, 6) is 0.753. The Hall–Kier alpha value is -1.96. The molecule has 122 valence electrons. The minimum atomic E-state index is 0.229. The maximum Gasteiger partial charge on any atom is 0.0726 e. The molecule has 3 aliphatic rings. The Labute approximate surface area is 140 Å². The van der Waals surface area contributed by atoms with E-state index in [1.54, 1.807) is 0 Å². The molecule has 3 rings (SSSR count). The molecule has 0 bridgehead atoms. The molecule has 0 aromatic carbocycles. The van der Waals surface area contributed by atoms with Crippen molar-refractivity contribution in [3.05, 3.63) is 72.3 Å². The summed E-state index contributed by atoms with van der Waals surface area (Å²) in [5.41, 5.74) is 6.10. The average Bonchev–Trinajstić information content (AvgIpc) is 3.24. The zero-order valence-corrected chi connectivity index (χ0v) is 14.7. The lowest BCUT2D eigenvalue weighted by atomic mass is 9.88. The molecular weight excluding hydrogens is 280 g/mol. The smallest absolute Gasteiger partial charge is 0.0726 e. The second kappa shape index (κ2) is 5.59. The fourth-order valence-electron chi connectivity index (χ4n) is 4.30. The van der Waals surface area contributed by atoms with E-state index in [0.717, 1.165) is 35.6 Å². The molecule has 2 unspecified atom stereocenters. The van der Waals surface area contributed by atoms with Crippen molar-refractivity contribution in [1.29, 1.82) is 0 Å². The molecule has 1 aliphatic carbocycles. The molecule has 2 heteroatoms. The molecule has 2 heterocycles. The second-order valence-corrected chi connectivity index (χ2v) is 6.87. The van der Waals surface area contributed by atoms with E-state index in [1.807, 2.05) is 12.2 Å². The van der Waals surface area contributed by atoms with Gasteiger partial charge in [-0.3, -0.25) is 0 Å². The molecule has 0 aromatic rings. The number of nitrogens with zero attached hydrogens (tertiary/aromatic N) is 2. The lowest BCUT2D eigenvalue weighted by Gasteiger charge is -2.48. The Kier molecular flexibility index (Phi) is 3.87. The van der Waals surface area contributed by atoms with Gasteiger partial charge in [-0.1, -0.05) is 58.2 Å². The van der Waals surface area contributed by atoms with Gasteiger partial charge in [0, 0.05) is 25.4 Å². The Morgan fingerprint density at radius 2 is 2.04 bits per heavy atom. The predicted molar refractivity (Wildman–Crippen MR) is 98.6 cm³/mol. The average molecular weight is 308 g/mol. The summed E-state index contributed by atoms with van der Waals surface area (Å²) >= 11 is 0. The summed E-state index contributed by atoms with van der Waals surface area (Å²) in [6.07, 6.45) is 12.0. The van der Waals surface area contributed by atoms with E-state index in [9.17, 15) is 0 Å². The molecular formula is C21H28N2. The van der Waals surface area contributed by atoms with Gasteiger partial charge in [0.05, 0.1) is 16.9 Å². The van der Waals surface area contributed by atoms with Crippen molar-refractivity contribution in [2.45, 2.75) is 38.6 Å². The van der Waals surface area contributed by atoms with E-state index in [2.05, 4.69) is 62.7 Å². The van der Waals surface area contributed by atoms with Gasteiger partial charge in [-0.25, -0.2) is 0 Å². The maximum atomic E-state index is 4.30. The highest BCUT2D eigenvalue weighted by molar-refractivity contribution is 5.63. The summed E-state index contributed by atoms with van der Waals surface area (Å²) < 4.78 is 0. The summed E-state index contributed by atoms with van der Waals surface area (Å²) in [6.45, 7) is 17.9. The molecule has 23 heavy (non-hydrogen) atoms. The van der Waals surface area contributed by atoms with Crippen LogP contribution in [-0.2, 0) is 0 Å². The number of hydrogen-bond acceptors (Lipinski definition) is 2. The number of fused-ring (bicyclic) bond motifs is 2. The highest BCUT2D eigenvalue weighted by atomic mass is 15.4. The maximum absolute atomic E-state index is 4.30. The van der Waals surface area contributed by atoms with Crippen LogP contribution >= 0.6 is 0 Å². The molecule has 2 fully saturated rings. The second-order valence-electron chi connectivity index (χ2n) is 6.87. The van der Waals surface area contributed by atoms with E-state index in [0.29, 0.717) is 0 Å². The van der Waals surface area contributed by atoms with Crippen molar-refractivity contribution in [1.82, 2.24) is 9.80 Å². The number of piperazine rings is 1. The lowest BCUT2D eigenvalue weighted by Crippen LogP contribution is -2.51. The van der Waals surface area contributed by atoms with Gasteiger partial charge < -0.3 is 9.80 Å². The van der Waals surface area contributed by atoms with Gasteiger partial charge >= 0.3 is 0 Å². The standard InChI is InChI=1S/C21H28N2/c1-7-11-19-20-18(10-4)15(5)16(8-2)13-23(20)21(14-22(19)6)12-17(21)9-3/h8,10-11,13,17H,2,4-5,7,9,12,14H2,1,3,6H3/b19-11+. The van der Waals surface area contributed by atoms with Crippen LogP contribution in [0.1, 0.15) is 33.1 Å². The van der Waals surface area contributed by atoms with E-state index in [1.165, 1.54) is 24.2 Å². The quantitative estimate of drug-likeness (QED) is 0.737. The Balaban J connectivity index is 2.21. The first kappa shape index (κ1) is 15.9. The first-order valence-electron chi connectivity index (χ1n) is 8.65. The van der Waals surface area contributed by atoms with Gasteiger partial charge in [-0.05, 0) is 29.9 Å². The van der Waals surface area contributed by atoms with Crippen LogP contribution < -0.4 is 0 Å². The Bertz CT molecular complexity index is 661. The molecule has 2 nitrogen and oxygen atoms in total. The monoisotopic (exact) mass is 308 g/mol. The third-order valence-electron chi connectivity index (χ3n) is 5.60. The molecule has 0 N–H and O–H groups in total. The fourth-order valence-corrected chi connectivity index (χ4v) is 4.30. The minimum absolute atomic E-state index is 0.229. The zero-order chi connectivity index (χ0) is 16.8. The van der Waals surface area contributed by atoms with E-state index >= 15 is 0 Å². The lowest BCUT2D eigenvalue weighted by molar-refractivity contribution is 0.176. The summed E-state index contributed by atoms with van der Waals surface area (Å²) in [4.78, 5) is 4.94. The van der Waals surface area contributed by atoms with E-state index in [4.69, 9.17) is 0 Å². The molecule has 1 spiro atoms. The first-order chi connectivity index (χ1) is 11.0. The van der Waals surface area contributed by atoms with Crippen molar-refractivity contribution in [3.63, 3.8) is 0 Å². The van der Waals surface area contributed by atoms with Gasteiger partial charge in [0.2, 0.25) is 0 Å². The highest BCUT2D eigenvalue weighted by Crippen LogP contribution is 2.58. The van der Waals surface area contributed by atoms with Crippen molar-refractivity contribution in [2.24, 2.45) is 5.92 Å². The normalized spacial score (nSPS) is 31.4. The summed E-state index contributed by atoms with van der Waals surface area (Å²) in [6, 6.07) is 0. The molecule has 1 saturated carbocycles. The van der Waals surface area contributed by atoms with Crippen LogP contribution in [0, 0.1) is 5.92 Å². The van der Waals surface area contributed by atoms with Gasteiger partial charge in [-0.15, -0.1) is 0 Å². The van der Waals surface area contributed by atoms with Crippen LogP contribution in [0.5, 0.6) is 0 Å². The molecule has 0 amide bonds. The molecule has 1 saturated heterocycles. The summed E-state index contributed by atoms with van der Waals surface area (Å²) in [7, 11) is 2.22. The number of allylic oxidation sites excluding steroid dienone is 6. The minimum Gasteiger partial charge on any atom is -0.371 e. The fraction of sp³-hybridized carbons (Fsp3) is 0.429. The molecule has 0 aromatic heterocycles. The Morgan fingerprint density at radius 1 is 1.30 bits per heavy atom. The van der Waals surface area contributed by atoms with Crippen LogP contribution in [0.2, 0.25) is 0 Å². The molecule has 0 radical (unpaired) electrons. The van der Waals surface area contributed by atoms with Crippen LogP contribution in [0.3, 0.4) is 0 Å². The van der Waals surface area contributed by atoms with E-state index < -0.39 is 0 Å². The highest BCUT2D eigenvalue weighted by Gasteiger charge is 2.61. The third kappa shape index (κ3) is 2.15. The van der Waals surface area contributed by atoms with Crippen LogP contribution in [0.25, 0.3) is 0 Å². The van der Waals surface area contributed by atoms with Gasteiger partial charge in [0.15, 0.2) is 0 Å². The molecule has 2 aliphatic heterocycles. The Morgan fingerprint density at radius 3 is 2.57 bits per heavy atom. The predicted octanol–water partition coefficient (Wildman–Crippen LogP) is 4.78. The van der Waals surface area contributed by atoms with Crippen LogP contribution in [-0.4, -0.2) is 28.9 Å². The van der Waals surface area contributed by atoms with Gasteiger partial charge in [0.1, 0.15) is 0 Å². The van der Waals surface area contributed by atoms with Crippen LogP contribution in [0.4, 0.5) is 0 Å². The van der Waals surface area contributed by atoms with E-state index in [-0.39, 0.29) is 5.54 Å². The largest absolute Gasteiger partial charge is 0.371 e.